The lowest BCUT2D eigenvalue weighted by molar-refractivity contribution is -0.118. The summed E-state index contributed by atoms with van der Waals surface area (Å²) in [4.78, 5) is 14.1. The summed E-state index contributed by atoms with van der Waals surface area (Å²) in [6.45, 7) is -0.159. The Bertz CT molecular complexity index is 797. The number of nitrogens with zero attached hydrogens (tertiary/aromatic N) is 1. The minimum atomic E-state index is -3.24. The minimum Gasteiger partial charge on any atom is -0.484 e. The van der Waals surface area contributed by atoms with Gasteiger partial charge in [-0.2, -0.15) is 0 Å². The molecule has 2 aromatic rings. The third kappa shape index (κ3) is 4.99. The summed E-state index contributed by atoms with van der Waals surface area (Å²) in [5.74, 6) is 0.139. The van der Waals surface area contributed by atoms with Gasteiger partial charge in [-0.1, -0.05) is 0 Å². The number of hydrogen-bond donors (Lipinski definition) is 1. The third-order valence-corrected chi connectivity index (χ3v) is 4.42. The van der Waals surface area contributed by atoms with Crippen LogP contribution in [0.3, 0.4) is 0 Å². The van der Waals surface area contributed by atoms with E-state index in [4.69, 9.17) is 4.74 Å². The number of hydrogen-bond acceptors (Lipinski definition) is 5. The molecule has 1 amide bonds. The molecule has 2 aromatic carbocycles. The number of benzene rings is 2. The lowest BCUT2D eigenvalue weighted by atomic mass is 10.2. The normalized spacial score (nSPS) is 11.0. The highest BCUT2D eigenvalue weighted by atomic mass is 32.2. The number of sulfone groups is 1. The van der Waals surface area contributed by atoms with Gasteiger partial charge in [-0.05, 0) is 48.5 Å². The predicted molar refractivity (Wildman–Crippen MR) is 94.4 cm³/mol. The Morgan fingerprint density at radius 1 is 1.04 bits per heavy atom. The SMILES string of the molecule is CN(C)c1ccc(NC(=O)COc2ccc(S(C)(=O)=O)cc2)cc1. The third-order valence-electron chi connectivity index (χ3n) is 3.29. The topological polar surface area (TPSA) is 75.7 Å². The number of carbonyl (C=O) groups excluding carboxylic acids is 1. The molecule has 0 atom stereocenters. The molecule has 0 aliphatic carbocycles. The summed E-state index contributed by atoms with van der Waals surface area (Å²) in [5.41, 5.74) is 1.72. The van der Waals surface area contributed by atoms with Gasteiger partial charge in [-0.25, -0.2) is 8.42 Å². The second-order valence-electron chi connectivity index (χ2n) is 5.52. The van der Waals surface area contributed by atoms with Crippen LogP contribution >= 0.6 is 0 Å². The molecule has 0 spiro atoms. The first kappa shape index (κ1) is 17.8. The van der Waals surface area contributed by atoms with E-state index in [1.807, 2.05) is 43.3 Å². The van der Waals surface area contributed by atoms with Gasteiger partial charge in [0.05, 0.1) is 4.90 Å². The number of amides is 1. The number of anilines is 2. The van der Waals surface area contributed by atoms with Crippen molar-refractivity contribution in [2.45, 2.75) is 4.90 Å². The lowest BCUT2D eigenvalue weighted by Gasteiger charge is -2.13. The Morgan fingerprint density at radius 2 is 1.62 bits per heavy atom. The van der Waals surface area contributed by atoms with Gasteiger partial charge in [0.15, 0.2) is 16.4 Å². The highest BCUT2D eigenvalue weighted by Crippen LogP contribution is 2.17. The zero-order valence-electron chi connectivity index (χ0n) is 13.8. The summed E-state index contributed by atoms with van der Waals surface area (Å²) < 4.78 is 28.1. The molecule has 0 aromatic heterocycles. The monoisotopic (exact) mass is 348 g/mol. The molecule has 0 aliphatic rings. The fraction of sp³-hybridized carbons (Fsp3) is 0.235. The van der Waals surface area contributed by atoms with E-state index in [0.717, 1.165) is 11.9 Å². The number of ether oxygens (including phenoxy) is 1. The van der Waals surface area contributed by atoms with E-state index < -0.39 is 9.84 Å². The molecule has 0 heterocycles. The average Bonchev–Trinajstić information content (AvgIpc) is 2.53. The van der Waals surface area contributed by atoms with Crippen LogP contribution in [0.2, 0.25) is 0 Å². The van der Waals surface area contributed by atoms with E-state index in [1.54, 1.807) is 0 Å². The largest absolute Gasteiger partial charge is 0.484 e. The van der Waals surface area contributed by atoms with Crippen LogP contribution < -0.4 is 15.0 Å². The maximum atomic E-state index is 11.9. The molecule has 0 saturated carbocycles. The molecule has 6 nitrogen and oxygen atoms in total. The fourth-order valence-electron chi connectivity index (χ4n) is 1.97. The van der Waals surface area contributed by atoms with Gasteiger partial charge in [-0.15, -0.1) is 0 Å². The van der Waals surface area contributed by atoms with Crippen molar-refractivity contribution in [3.63, 3.8) is 0 Å². The Labute approximate surface area is 142 Å². The van der Waals surface area contributed by atoms with Crippen molar-refractivity contribution in [2.24, 2.45) is 0 Å². The Hall–Kier alpha value is -2.54. The Kier molecular flexibility index (Phi) is 5.46. The first-order chi connectivity index (χ1) is 11.3. The van der Waals surface area contributed by atoms with Crippen molar-refractivity contribution in [3.8, 4) is 5.75 Å². The molecule has 24 heavy (non-hydrogen) atoms. The van der Waals surface area contributed by atoms with Gasteiger partial charge < -0.3 is 15.0 Å². The van der Waals surface area contributed by atoms with Gasteiger partial charge >= 0.3 is 0 Å². The van der Waals surface area contributed by atoms with Crippen LogP contribution in [0.5, 0.6) is 5.75 Å². The molecule has 0 bridgehead atoms. The molecule has 1 N–H and O–H groups in total. The van der Waals surface area contributed by atoms with Crippen LogP contribution in [0, 0.1) is 0 Å². The van der Waals surface area contributed by atoms with Crippen molar-refractivity contribution in [2.75, 3.05) is 37.2 Å². The van der Waals surface area contributed by atoms with Crippen molar-refractivity contribution >= 4 is 27.1 Å². The molecule has 0 fully saturated rings. The standard InChI is InChI=1S/C17H20N2O4S/c1-19(2)14-6-4-13(5-7-14)18-17(20)12-23-15-8-10-16(11-9-15)24(3,21)22/h4-11H,12H2,1-3H3,(H,18,20). The van der Waals surface area contributed by atoms with Gasteiger partial charge in [0.2, 0.25) is 0 Å². The Balaban J connectivity index is 1.89. The van der Waals surface area contributed by atoms with Crippen molar-refractivity contribution in [3.05, 3.63) is 48.5 Å². The first-order valence-electron chi connectivity index (χ1n) is 7.26. The maximum Gasteiger partial charge on any atom is 0.262 e. The van der Waals surface area contributed by atoms with Crippen molar-refractivity contribution in [1.29, 1.82) is 0 Å². The van der Waals surface area contributed by atoms with Crippen molar-refractivity contribution in [1.82, 2.24) is 0 Å². The smallest absolute Gasteiger partial charge is 0.262 e. The molecule has 0 saturated heterocycles. The molecule has 0 radical (unpaired) electrons. The van der Waals surface area contributed by atoms with E-state index in [-0.39, 0.29) is 17.4 Å². The zero-order valence-corrected chi connectivity index (χ0v) is 14.6. The van der Waals surface area contributed by atoms with Crippen LogP contribution in [-0.4, -0.2) is 41.3 Å². The average molecular weight is 348 g/mol. The molecular formula is C17H20N2O4S. The van der Waals surface area contributed by atoms with Crippen LogP contribution in [0.1, 0.15) is 0 Å². The predicted octanol–water partition coefficient (Wildman–Crippen LogP) is 2.17. The number of carbonyl (C=O) groups is 1. The molecule has 0 aliphatic heterocycles. The molecule has 2 rings (SSSR count). The second kappa shape index (κ2) is 7.35. The second-order valence-corrected chi connectivity index (χ2v) is 7.54. The zero-order chi connectivity index (χ0) is 17.7. The first-order valence-corrected chi connectivity index (χ1v) is 9.15. The van der Waals surface area contributed by atoms with Crippen LogP contribution in [0.4, 0.5) is 11.4 Å². The summed E-state index contributed by atoms with van der Waals surface area (Å²) in [6.07, 6.45) is 1.14. The van der Waals surface area contributed by atoms with Crippen LogP contribution in [-0.2, 0) is 14.6 Å². The molecule has 128 valence electrons. The van der Waals surface area contributed by atoms with Gasteiger partial charge in [-0.3, -0.25) is 4.79 Å². The van der Waals surface area contributed by atoms with Crippen LogP contribution in [0.25, 0.3) is 0 Å². The fourth-order valence-corrected chi connectivity index (χ4v) is 2.60. The summed E-state index contributed by atoms with van der Waals surface area (Å²) >= 11 is 0. The van der Waals surface area contributed by atoms with E-state index in [1.165, 1.54) is 24.3 Å². The van der Waals surface area contributed by atoms with Crippen molar-refractivity contribution < 1.29 is 17.9 Å². The molecule has 0 unspecified atom stereocenters. The quantitative estimate of drug-likeness (QED) is 0.866. The summed E-state index contributed by atoms with van der Waals surface area (Å²) in [7, 11) is 0.642. The van der Waals surface area contributed by atoms with E-state index in [0.29, 0.717) is 11.4 Å². The highest BCUT2D eigenvalue weighted by Gasteiger charge is 2.08. The Morgan fingerprint density at radius 3 is 2.12 bits per heavy atom. The van der Waals surface area contributed by atoms with Crippen LogP contribution in [0.15, 0.2) is 53.4 Å². The molecular weight excluding hydrogens is 328 g/mol. The maximum absolute atomic E-state index is 11.9. The van der Waals surface area contributed by atoms with E-state index in [9.17, 15) is 13.2 Å². The van der Waals surface area contributed by atoms with Gasteiger partial charge in [0.25, 0.3) is 5.91 Å². The minimum absolute atomic E-state index is 0.159. The van der Waals surface area contributed by atoms with Gasteiger partial charge in [0.1, 0.15) is 5.75 Å². The van der Waals surface area contributed by atoms with E-state index >= 15 is 0 Å². The molecule has 7 heteroatoms. The van der Waals surface area contributed by atoms with Gasteiger partial charge in [0, 0.05) is 31.7 Å². The summed E-state index contributed by atoms with van der Waals surface area (Å²) in [6, 6.07) is 13.4. The summed E-state index contributed by atoms with van der Waals surface area (Å²) in [5, 5.41) is 2.74. The number of rotatable bonds is 6. The lowest BCUT2D eigenvalue weighted by Crippen LogP contribution is -2.20. The number of nitrogens with one attached hydrogen (secondary N) is 1. The van der Waals surface area contributed by atoms with E-state index in [2.05, 4.69) is 5.32 Å². The highest BCUT2D eigenvalue weighted by molar-refractivity contribution is 7.90.